The van der Waals surface area contributed by atoms with Crippen LogP contribution in [-0.2, 0) is 10.0 Å². The highest BCUT2D eigenvalue weighted by molar-refractivity contribution is 7.89. The molecule has 1 atom stereocenters. The summed E-state index contributed by atoms with van der Waals surface area (Å²) in [6.07, 6.45) is 8.30. The smallest absolute Gasteiger partial charge is 0.254 e. The molecule has 3 rings (SSSR count). The van der Waals surface area contributed by atoms with Crippen molar-refractivity contribution in [3.63, 3.8) is 0 Å². The highest BCUT2D eigenvalue weighted by atomic mass is 32.2. The van der Waals surface area contributed by atoms with Crippen LogP contribution in [0.5, 0.6) is 5.75 Å². The van der Waals surface area contributed by atoms with Gasteiger partial charge in [0.1, 0.15) is 10.6 Å². The van der Waals surface area contributed by atoms with Gasteiger partial charge in [0.25, 0.3) is 5.91 Å². The van der Waals surface area contributed by atoms with Crippen LogP contribution in [0.4, 0.5) is 0 Å². The van der Waals surface area contributed by atoms with E-state index >= 15 is 0 Å². The summed E-state index contributed by atoms with van der Waals surface area (Å²) in [6.45, 7) is 5.07. The number of piperidine rings is 1. The molecule has 1 saturated carbocycles. The van der Waals surface area contributed by atoms with Crippen molar-refractivity contribution in [3.8, 4) is 5.75 Å². The van der Waals surface area contributed by atoms with Gasteiger partial charge in [-0.05, 0) is 57.7 Å². The minimum atomic E-state index is -3.73. The molecular weight excluding hydrogens is 388 g/mol. The summed E-state index contributed by atoms with van der Waals surface area (Å²) < 4.78 is 33.8. The SMILES string of the molecule is CCN(C(=O)c1ccc(OC)c(S(=O)(=O)N2CCCCC2C)c1)C1CCCCC1. The van der Waals surface area contributed by atoms with Gasteiger partial charge in [0, 0.05) is 30.7 Å². The van der Waals surface area contributed by atoms with E-state index in [0.29, 0.717) is 24.4 Å². The molecule has 1 aromatic rings. The van der Waals surface area contributed by atoms with E-state index in [1.165, 1.54) is 19.6 Å². The predicted molar refractivity (Wildman–Crippen MR) is 114 cm³/mol. The molecule has 0 spiro atoms. The summed E-state index contributed by atoms with van der Waals surface area (Å²) >= 11 is 0. The Hall–Kier alpha value is -1.60. The number of hydrogen-bond acceptors (Lipinski definition) is 4. The molecule has 0 radical (unpaired) electrons. The van der Waals surface area contributed by atoms with E-state index in [-0.39, 0.29) is 22.9 Å². The molecule has 1 aliphatic heterocycles. The third-order valence-electron chi connectivity index (χ3n) is 6.36. The second kappa shape index (κ2) is 9.47. The molecule has 1 aromatic carbocycles. The Balaban J connectivity index is 1.94. The number of rotatable bonds is 6. The lowest BCUT2D eigenvalue weighted by molar-refractivity contribution is 0.0647. The van der Waals surface area contributed by atoms with Gasteiger partial charge in [-0.15, -0.1) is 0 Å². The van der Waals surface area contributed by atoms with Gasteiger partial charge < -0.3 is 9.64 Å². The number of nitrogens with zero attached hydrogens (tertiary/aromatic N) is 2. The lowest BCUT2D eigenvalue weighted by atomic mass is 9.93. The Morgan fingerprint density at radius 1 is 1.14 bits per heavy atom. The van der Waals surface area contributed by atoms with Crippen molar-refractivity contribution in [2.24, 2.45) is 0 Å². The highest BCUT2D eigenvalue weighted by Gasteiger charge is 2.34. The molecule has 6 nitrogen and oxygen atoms in total. The number of carbonyl (C=O) groups excluding carboxylic acids is 1. The molecule has 0 bridgehead atoms. The monoisotopic (exact) mass is 422 g/mol. The van der Waals surface area contributed by atoms with Crippen molar-refractivity contribution in [1.29, 1.82) is 0 Å². The van der Waals surface area contributed by atoms with Gasteiger partial charge in [0.2, 0.25) is 10.0 Å². The number of carbonyl (C=O) groups is 1. The molecule has 162 valence electrons. The molecule has 0 aromatic heterocycles. The normalized spacial score (nSPS) is 21.7. The van der Waals surface area contributed by atoms with Crippen LogP contribution in [-0.4, -0.2) is 55.8 Å². The second-order valence-corrected chi connectivity index (χ2v) is 10.1. The van der Waals surface area contributed by atoms with Crippen LogP contribution in [0.3, 0.4) is 0 Å². The van der Waals surface area contributed by atoms with Crippen molar-refractivity contribution in [2.45, 2.75) is 82.2 Å². The minimum Gasteiger partial charge on any atom is -0.495 e. The Morgan fingerprint density at radius 2 is 1.83 bits per heavy atom. The maximum Gasteiger partial charge on any atom is 0.254 e. The van der Waals surface area contributed by atoms with E-state index in [9.17, 15) is 13.2 Å². The van der Waals surface area contributed by atoms with E-state index in [1.54, 1.807) is 16.4 Å². The molecule has 1 amide bonds. The van der Waals surface area contributed by atoms with E-state index < -0.39 is 10.0 Å². The third-order valence-corrected chi connectivity index (χ3v) is 8.39. The summed E-state index contributed by atoms with van der Waals surface area (Å²) in [5, 5.41) is 0. The maximum absolute atomic E-state index is 13.4. The van der Waals surface area contributed by atoms with Crippen LogP contribution < -0.4 is 4.74 Å². The van der Waals surface area contributed by atoms with Crippen LogP contribution in [0.15, 0.2) is 23.1 Å². The molecule has 7 heteroatoms. The first-order chi connectivity index (χ1) is 13.9. The van der Waals surface area contributed by atoms with Gasteiger partial charge in [0.15, 0.2) is 0 Å². The zero-order valence-electron chi connectivity index (χ0n) is 17.9. The minimum absolute atomic E-state index is 0.0489. The molecule has 1 aliphatic carbocycles. The maximum atomic E-state index is 13.4. The number of amides is 1. The summed E-state index contributed by atoms with van der Waals surface area (Å²) in [5.74, 6) is 0.199. The van der Waals surface area contributed by atoms with Crippen LogP contribution >= 0.6 is 0 Å². The zero-order valence-corrected chi connectivity index (χ0v) is 18.7. The van der Waals surface area contributed by atoms with Gasteiger partial charge in [-0.2, -0.15) is 4.31 Å². The topological polar surface area (TPSA) is 66.9 Å². The first-order valence-corrected chi connectivity index (χ1v) is 12.3. The van der Waals surface area contributed by atoms with E-state index in [0.717, 1.165) is 44.9 Å². The second-order valence-electron chi connectivity index (χ2n) is 8.21. The van der Waals surface area contributed by atoms with Gasteiger partial charge >= 0.3 is 0 Å². The Morgan fingerprint density at radius 3 is 2.45 bits per heavy atom. The summed E-state index contributed by atoms with van der Waals surface area (Å²) in [7, 11) is -2.26. The average Bonchev–Trinajstić information content (AvgIpc) is 2.74. The zero-order chi connectivity index (χ0) is 21.0. The van der Waals surface area contributed by atoms with Crippen molar-refractivity contribution < 1.29 is 17.9 Å². The van der Waals surface area contributed by atoms with Crippen LogP contribution in [0.2, 0.25) is 0 Å². The molecule has 1 saturated heterocycles. The molecule has 29 heavy (non-hydrogen) atoms. The van der Waals surface area contributed by atoms with E-state index in [2.05, 4.69) is 0 Å². The molecule has 2 aliphatic rings. The molecule has 0 N–H and O–H groups in total. The molecule has 1 heterocycles. The molecular formula is C22H34N2O4S. The fourth-order valence-corrected chi connectivity index (χ4v) is 6.58. The predicted octanol–water partition coefficient (Wildman–Crippen LogP) is 4.05. The average molecular weight is 423 g/mol. The van der Waals surface area contributed by atoms with Crippen LogP contribution in [0.1, 0.15) is 75.6 Å². The highest BCUT2D eigenvalue weighted by Crippen LogP contribution is 2.32. The van der Waals surface area contributed by atoms with Crippen molar-refractivity contribution in [1.82, 2.24) is 9.21 Å². The fourth-order valence-electron chi connectivity index (χ4n) is 4.69. The van der Waals surface area contributed by atoms with Gasteiger partial charge in [-0.3, -0.25) is 4.79 Å². The van der Waals surface area contributed by atoms with Crippen molar-refractivity contribution in [2.75, 3.05) is 20.2 Å². The lowest BCUT2D eigenvalue weighted by Gasteiger charge is -2.34. The third kappa shape index (κ3) is 4.61. The summed E-state index contributed by atoms with van der Waals surface area (Å²) in [4.78, 5) is 15.3. The summed E-state index contributed by atoms with van der Waals surface area (Å²) in [5.41, 5.74) is 0.418. The van der Waals surface area contributed by atoms with Gasteiger partial charge in [0.05, 0.1) is 7.11 Å². The molecule has 2 fully saturated rings. The number of sulfonamides is 1. The lowest BCUT2D eigenvalue weighted by Crippen LogP contribution is -2.42. The standard InChI is InChI=1S/C22H34N2O4S/c1-4-23(19-11-6-5-7-12-19)22(25)18-13-14-20(28-3)21(16-18)29(26,27)24-15-9-8-10-17(24)2/h13-14,16-17,19H,4-12,15H2,1-3H3. The Kier molecular flexibility index (Phi) is 7.22. The Bertz CT molecular complexity index is 818. The van der Waals surface area contributed by atoms with Gasteiger partial charge in [-0.1, -0.05) is 25.7 Å². The quantitative estimate of drug-likeness (QED) is 0.694. The van der Waals surface area contributed by atoms with Crippen molar-refractivity contribution >= 4 is 15.9 Å². The van der Waals surface area contributed by atoms with Gasteiger partial charge in [-0.25, -0.2) is 8.42 Å². The molecule has 1 unspecified atom stereocenters. The Labute approximate surface area is 175 Å². The number of methoxy groups -OCH3 is 1. The fraction of sp³-hybridized carbons (Fsp3) is 0.682. The van der Waals surface area contributed by atoms with E-state index in [1.807, 2.05) is 18.7 Å². The number of ether oxygens (including phenoxy) is 1. The first-order valence-electron chi connectivity index (χ1n) is 10.9. The number of hydrogen-bond donors (Lipinski definition) is 0. The van der Waals surface area contributed by atoms with Crippen LogP contribution in [0, 0.1) is 0 Å². The van der Waals surface area contributed by atoms with E-state index in [4.69, 9.17) is 4.74 Å². The number of benzene rings is 1. The largest absolute Gasteiger partial charge is 0.495 e. The van der Waals surface area contributed by atoms with Crippen LogP contribution in [0.25, 0.3) is 0 Å². The van der Waals surface area contributed by atoms with Crippen molar-refractivity contribution in [3.05, 3.63) is 23.8 Å². The summed E-state index contributed by atoms with van der Waals surface area (Å²) in [6, 6.07) is 5.01. The first kappa shape index (κ1) is 22.1.